The first-order chi connectivity index (χ1) is 17.6. The number of aromatic nitrogens is 7. The third-order valence-electron chi connectivity index (χ3n) is 6.45. The van der Waals surface area contributed by atoms with Crippen LogP contribution in [-0.2, 0) is 4.79 Å². The lowest BCUT2D eigenvalue weighted by atomic mass is 10.1. The van der Waals surface area contributed by atoms with Crippen LogP contribution in [0.15, 0.2) is 36.9 Å². The van der Waals surface area contributed by atoms with Crippen molar-refractivity contribution in [3.8, 4) is 22.8 Å². The average molecular weight is 486 g/mol. The molecular weight excluding hydrogens is 461 g/mol. The number of hydrogen-bond donors (Lipinski definition) is 3. The van der Waals surface area contributed by atoms with Gasteiger partial charge in [-0.3, -0.25) is 19.9 Å². The van der Waals surface area contributed by atoms with Gasteiger partial charge in [-0.25, -0.2) is 14.4 Å². The summed E-state index contributed by atoms with van der Waals surface area (Å²) in [5.74, 6) is -0.287. The zero-order valence-electron chi connectivity index (χ0n) is 19.7. The van der Waals surface area contributed by atoms with Gasteiger partial charge < -0.3 is 15.2 Å². The summed E-state index contributed by atoms with van der Waals surface area (Å²) in [4.78, 5) is 34.9. The van der Waals surface area contributed by atoms with Gasteiger partial charge in [0.05, 0.1) is 34.7 Å². The fourth-order valence-electron chi connectivity index (χ4n) is 4.64. The molecule has 1 saturated heterocycles. The van der Waals surface area contributed by atoms with E-state index in [4.69, 9.17) is 0 Å². The maximum atomic E-state index is 15.9. The molecule has 0 unspecified atom stereocenters. The standard InChI is InChI=1S/C25H24FN9O/c1-2-18(36)30-15-10-14(11-27-12-15)21-20(26)19-16(13-29-21)33-34-23(19)25-31-22-17(6-7-28-24(22)32-25)35-8-4-3-5-9-35/h6-7,10-13H,2-5,8-9H2,1H3,(H,30,36)(H,33,34)(H,28,31,32). The van der Waals surface area contributed by atoms with E-state index in [2.05, 4.69) is 45.3 Å². The third-order valence-corrected chi connectivity index (χ3v) is 6.45. The Labute approximate surface area is 205 Å². The minimum atomic E-state index is -0.554. The molecule has 1 amide bonds. The minimum absolute atomic E-state index is 0.105. The van der Waals surface area contributed by atoms with E-state index in [1.54, 1.807) is 19.2 Å². The van der Waals surface area contributed by atoms with E-state index in [1.165, 1.54) is 25.0 Å². The van der Waals surface area contributed by atoms with Gasteiger partial charge >= 0.3 is 0 Å². The zero-order valence-corrected chi connectivity index (χ0v) is 19.7. The van der Waals surface area contributed by atoms with E-state index >= 15 is 4.39 Å². The van der Waals surface area contributed by atoms with Crippen molar-refractivity contribution in [3.63, 3.8) is 0 Å². The van der Waals surface area contributed by atoms with Gasteiger partial charge in [-0.2, -0.15) is 5.10 Å². The Balaban J connectivity index is 1.43. The largest absolute Gasteiger partial charge is 0.370 e. The van der Waals surface area contributed by atoms with E-state index in [0.29, 0.717) is 40.4 Å². The topological polar surface area (TPSA) is 128 Å². The van der Waals surface area contributed by atoms with Crippen molar-refractivity contribution < 1.29 is 9.18 Å². The molecule has 5 aromatic heterocycles. The molecule has 11 heteroatoms. The number of anilines is 2. The van der Waals surface area contributed by atoms with E-state index in [9.17, 15) is 4.79 Å². The Morgan fingerprint density at radius 3 is 2.83 bits per heavy atom. The van der Waals surface area contributed by atoms with Crippen LogP contribution < -0.4 is 10.2 Å². The van der Waals surface area contributed by atoms with Crippen molar-refractivity contribution in [2.75, 3.05) is 23.3 Å². The normalized spacial score (nSPS) is 14.0. The van der Waals surface area contributed by atoms with Crippen LogP contribution in [-0.4, -0.2) is 54.1 Å². The Bertz CT molecular complexity index is 1590. The molecule has 0 bridgehead atoms. The Morgan fingerprint density at radius 2 is 2.00 bits per heavy atom. The molecule has 6 heterocycles. The number of halogens is 1. The Kier molecular flexibility index (Phi) is 5.51. The van der Waals surface area contributed by atoms with Crippen LogP contribution in [0.5, 0.6) is 0 Å². The highest BCUT2D eigenvalue weighted by Crippen LogP contribution is 2.34. The second-order valence-electron chi connectivity index (χ2n) is 8.81. The molecule has 36 heavy (non-hydrogen) atoms. The van der Waals surface area contributed by atoms with Crippen molar-refractivity contribution in [1.29, 1.82) is 0 Å². The molecule has 0 spiro atoms. The van der Waals surface area contributed by atoms with Crippen molar-refractivity contribution in [2.45, 2.75) is 32.6 Å². The van der Waals surface area contributed by atoms with Gasteiger partial charge in [0, 0.05) is 37.5 Å². The number of piperidine rings is 1. The number of pyridine rings is 3. The average Bonchev–Trinajstić information content (AvgIpc) is 3.54. The lowest BCUT2D eigenvalue weighted by Crippen LogP contribution is -2.29. The van der Waals surface area contributed by atoms with Gasteiger partial charge in [0.2, 0.25) is 5.91 Å². The number of carbonyl (C=O) groups excluding carboxylic acids is 1. The zero-order chi connectivity index (χ0) is 24.6. The second kappa shape index (κ2) is 8.99. The summed E-state index contributed by atoms with van der Waals surface area (Å²) in [6, 6.07) is 3.63. The summed E-state index contributed by atoms with van der Waals surface area (Å²) in [6.07, 6.45) is 10.2. The van der Waals surface area contributed by atoms with Gasteiger partial charge in [-0.05, 0) is 31.4 Å². The maximum absolute atomic E-state index is 15.9. The predicted molar refractivity (Wildman–Crippen MR) is 135 cm³/mol. The number of nitrogens with one attached hydrogen (secondary N) is 3. The lowest BCUT2D eigenvalue weighted by molar-refractivity contribution is -0.115. The summed E-state index contributed by atoms with van der Waals surface area (Å²) < 4.78 is 15.9. The van der Waals surface area contributed by atoms with Crippen molar-refractivity contribution >= 4 is 39.3 Å². The third kappa shape index (κ3) is 3.82. The van der Waals surface area contributed by atoms with E-state index < -0.39 is 5.82 Å². The van der Waals surface area contributed by atoms with Crippen LogP contribution in [0.3, 0.4) is 0 Å². The van der Waals surface area contributed by atoms with Gasteiger partial charge in [0.25, 0.3) is 0 Å². The first-order valence-electron chi connectivity index (χ1n) is 12.0. The number of amides is 1. The number of rotatable bonds is 5. The van der Waals surface area contributed by atoms with Crippen LogP contribution in [0.4, 0.5) is 15.8 Å². The minimum Gasteiger partial charge on any atom is -0.370 e. The number of carbonyl (C=O) groups is 1. The smallest absolute Gasteiger partial charge is 0.224 e. The molecule has 0 radical (unpaired) electrons. The van der Waals surface area contributed by atoms with Crippen molar-refractivity contribution in [3.05, 3.63) is 42.7 Å². The molecule has 182 valence electrons. The molecule has 10 nitrogen and oxygen atoms in total. The summed E-state index contributed by atoms with van der Waals surface area (Å²) in [5.41, 5.74) is 4.21. The fourth-order valence-corrected chi connectivity index (χ4v) is 4.64. The number of nitrogens with zero attached hydrogens (tertiary/aromatic N) is 6. The SMILES string of the molecule is CCC(=O)Nc1cncc(-c2ncc3[nH]nc(-c4nc5nccc(N6CCCCC6)c5[nH]4)c3c2F)c1. The van der Waals surface area contributed by atoms with Crippen LogP contribution in [0, 0.1) is 5.82 Å². The molecule has 1 aliphatic rings. The molecule has 3 N–H and O–H groups in total. The van der Waals surface area contributed by atoms with E-state index in [-0.39, 0.29) is 17.0 Å². The van der Waals surface area contributed by atoms with Gasteiger partial charge in [0.1, 0.15) is 16.9 Å². The quantitative estimate of drug-likeness (QED) is 0.336. The van der Waals surface area contributed by atoms with Crippen LogP contribution >= 0.6 is 0 Å². The number of aromatic amines is 2. The molecule has 0 aromatic carbocycles. The summed E-state index contributed by atoms with van der Waals surface area (Å²) >= 11 is 0. The van der Waals surface area contributed by atoms with Crippen molar-refractivity contribution in [1.82, 2.24) is 35.1 Å². The lowest BCUT2D eigenvalue weighted by Gasteiger charge is -2.28. The first-order valence-corrected chi connectivity index (χ1v) is 12.0. The maximum Gasteiger partial charge on any atom is 0.224 e. The Morgan fingerprint density at radius 1 is 1.14 bits per heavy atom. The van der Waals surface area contributed by atoms with Crippen LogP contribution in [0.1, 0.15) is 32.6 Å². The molecule has 5 aromatic rings. The fraction of sp³-hybridized carbons (Fsp3) is 0.280. The summed E-state index contributed by atoms with van der Waals surface area (Å²) in [7, 11) is 0. The molecule has 0 aliphatic carbocycles. The number of H-pyrrole nitrogens is 2. The predicted octanol–water partition coefficient (Wildman–Crippen LogP) is 4.44. The Hall–Kier alpha value is -4.41. The van der Waals surface area contributed by atoms with Gasteiger partial charge in [-0.1, -0.05) is 6.92 Å². The number of fused-ring (bicyclic) bond motifs is 2. The second-order valence-corrected chi connectivity index (χ2v) is 8.81. The van der Waals surface area contributed by atoms with Crippen LogP contribution in [0.25, 0.3) is 44.8 Å². The first kappa shape index (κ1) is 22.1. The monoisotopic (exact) mass is 485 g/mol. The summed E-state index contributed by atoms with van der Waals surface area (Å²) in [5, 5.41) is 10.2. The number of hydrogen-bond acceptors (Lipinski definition) is 7. The molecule has 1 aliphatic heterocycles. The molecular formula is C25H24FN9O. The highest BCUT2D eigenvalue weighted by Gasteiger charge is 2.22. The van der Waals surface area contributed by atoms with E-state index in [1.807, 2.05) is 6.07 Å². The van der Waals surface area contributed by atoms with E-state index in [0.717, 1.165) is 37.1 Å². The highest BCUT2D eigenvalue weighted by atomic mass is 19.1. The molecule has 0 atom stereocenters. The van der Waals surface area contributed by atoms with Gasteiger partial charge in [0.15, 0.2) is 17.3 Å². The van der Waals surface area contributed by atoms with Crippen LogP contribution in [0.2, 0.25) is 0 Å². The van der Waals surface area contributed by atoms with Gasteiger partial charge in [-0.15, -0.1) is 0 Å². The molecule has 6 rings (SSSR count). The molecule has 0 saturated carbocycles. The number of imidazole rings is 1. The highest BCUT2D eigenvalue weighted by molar-refractivity contribution is 5.97. The van der Waals surface area contributed by atoms with Crippen molar-refractivity contribution in [2.24, 2.45) is 0 Å². The summed E-state index contributed by atoms with van der Waals surface area (Å²) in [6.45, 7) is 3.72. The molecule has 1 fully saturated rings.